The fraction of sp³-hybridized carbons (Fsp3) is 0.462. The second kappa shape index (κ2) is 4.46. The number of hydrogen-bond acceptors (Lipinski definition) is 3. The Kier molecular flexibility index (Phi) is 3.17. The molecular weight excluding hydrogens is 238 g/mol. The smallest absolute Gasteiger partial charge is 0.179 e. The number of hydrogen-bond donors (Lipinski definition) is 0. The van der Waals surface area contributed by atoms with E-state index in [1.807, 2.05) is 6.07 Å². The molecule has 0 bridgehead atoms. The van der Waals surface area contributed by atoms with Crippen molar-refractivity contribution < 1.29 is 9.47 Å². The van der Waals surface area contributed by atoms with Crippen LogP contribution in [0, 0.1) is 16.7 Å². The average molecular weight is 252 g/mol. The van der Waals surface area contributed by atoms with Crippen LogP contribution in [0.25, 0.3) is 0 Å². The van der Waals surface area contributed by atoms with Crippen molar-refractivity contribution in [2.75, 3.05) is 13.2 Å². The summed E-state index contributed by atoms with van der Waals surface area (Å²) < 4.78 is 11.4. The minimum Gasteiger partial charge on any atom is -0.489 e. The van der Waals surface area contributed by atoms with Crippen molar-refractivity contribution in [2.45, 2.75) is 20.3 Å². The first kappa shape index (κ1) is 12.1. The molecule has 0 radical (unpaired) electrons. The molecule has 0 amide bonds. The third kappa shape index (κ3) is 2.65. The molecule has 1 aliphatic rings. The Morgan fingerprint density at radius 3 is 2.76 bits per heavy atom. The topological polar surface area (TPSA) is 42.2 Å². The van der Waals surface area contributed by atoms with Crippen molar-refractivity contribution in [2.24, 2.45) is 5.41 Å². The van der Waals surface area contributed by atoms with Gasteiger partial charge in [-0.3, -0.25) is 0 Å². The van der Waals surface area contributed by atoms with E-state index in [9.17, 15) is 0 Å². The van der Waals surface area contributed by atoms with Crippen molar-refractivity contribution in [1.82, 2.24) is 0 Å². The van der Waals surface area contributed by atoms with Crippen LogP contribution in [0.3, 0.4) is 0 Å². The Morgan fingerprint density at radius 1 is 1.35 bits per heavy atom. The number of benzene rings is 1. The zero-order chi connectivity index (χ0) is 12.5. The first-order valence-corrected chi connectivity index (χ1v) is 5.85. The standard InChI is InChI=1S/C13H14ClNO2/c1-13(2)7-16-11-6-9(3-4-15)5-10(14)12(11)17-8-13/h5-6H,3,7-8H2,1-2H3. The molecule has 90 valence electrons. The molecule has 0 saturated carbocycles. The monoisotopic (exact) mass is 251 g/mol. The van der Waals surface area contributed by atoms with E-state index in [4.69, 9.17) is 26.3 Å². The lowest BCUT2D eigenvalue weighted by atomic mass is 9.97. The third-order valence-electron chi connectivity index (χ3n) is 2.58. The van der Waals surface area contributed by atoms with Crippen LogP contribution >= 0.6 is 11.6 Å². The van der Waals surface area contributed by atoms with Crippen molar-refractivity contribution in [3.05, 3.63) is 22.7 Å². The molecule has 3 nitrogen and oxygen atoms in total. The molecular formula is C13H14ClNO2. The van der Waals surface area contributed by atoms with Crippen LogP contribution in [0.5, 0.6) is 11.5 Å². The summed E-state index contributed by atoms with van der Waals surface area (Å²) in [5, 5.41) is 9.19. The van der Waals surface area contributed by atoms with Crippen LogP contribution in [0.15, 0.2) is 12.1 Å². The van der Waals surface area contributed by atoms with Gasteiger partial charge in [0.25, 0.3) is 0 Å². The van der Waals surface area contributed by atoms with E-state index in [0.29, 0.717) is 36.2 Å². The van der Waals surface area contributed by atoms with Crippen molar-refractivity contribution in [3.63, 3.8) is 0 Å². The zero-order valence-electron chi connectivity index (χ0n) is 9.92. The maximum absolute atomic E-state index is 8.69. The average Bonchev–Trinajstić information content (AvgIpc) is 2.39. The van der Waals surface area contributed by atoms with E-state index in [1.54, 1.807) is 6.07 Å². The summed E-state index contributed by atoms with van der Waals surface area (Å²) in [7, 11) is 0. The molecule has 0 unspecified atom stereocenters. The molecule has 1 aromatic rings. The lowest BCUT2D eigenvalue weighted by molar-refractivity contribution is 0.140. The van der Waals surface area contributed by atoms with Gasteiger partial charge in [0, 0.05) is 5.41 Å². The lowest BCUT2D eigenvalue weighted by Crippen LogP contribution is -2.26. The highest BCUT2D eigenvalue weighted by molar-refractivity contribution is 6.32. The molecule has 0 atom stereocenters. The molecule has 2 rings (SSSR count). The second-order valence-corrected chi connectivity index (χ2v) is 5.39. The molecule has 17 heavy (non-hydrogen) atoms. The molecule has 0 aliphatic carbocycles. The third-order valence-corrected chi connectivity index (χ3v) is 2.86. The van der Waals surface area contributed by atoms with Gasteiger partial charge in [0.1, 0.15) is 0 Å². The Hall–Kier alpha value is -1.40. The number of ether oxygens (including phenoxy) is 2. The summed E-state index contributed by atoms with van der Waals surface area (Å²) in [5.41, 5.74) is 0.803. The van der Waals surface area contributed by atoms with E-state index in [0.717, 1.165) is 5.56 Å². The van der Waals surface area contributed by atoms with Gasteiger partial charge < -0.3 is 9.47 Å². The minimum absolute atomic E-state index is 0.0439. The van der Waals surface area contributed by atoms with Crippen LogP contribution in [-0.2, 0) is 6.42 Å². The molecule has 0 aromatic heterocycles. The van der Waals surface area contributed by atoms with Crippen molar-refractivity contribution in [1.29, 1.82) is 5.26 Å². The highest BCUT2D eigenvalue weighted by Crippen LogP contribution is 2.40. The Morgan fingerprint density at radius 2 is 2.06 bits per heavy atom. The van der Waals surface area contributed by atoms with Crippen LogP contribution in [0.2, 0.25) is 5.02 Å². The van der Waals surface area contributed by atoms with E-state index < -0.39 is 0 Å². The molecule has 0 spiro atoms. The summed E-state index contributed by atoms with van der Waals surface area (Å²) in [5.74, 6) is 1.22. The Labute approximate surface area is 106 Å². The van der Waals surface area contributed by atoms with Crippen molar-refractivity contribution in [3.8, 4) is 17.6 Å². The Bertz CT molecular complexity index is 477. The molecule has 0 saturated heterocycles. The van der Waals surface area contributed by atoms with E-state index in [2.05, 4.69) is 19.9 Å². The van der Waals surface area contributed by atoms with Gasteiger partial charge in [0.05, 0.1) is 30.7 Å². The second-order valence-electron chi connectivity index (χ2n) is 4.98. The summed E-state index contributed by atoms with van der Waals surface area (Å²) in [6, 6.07) is 5.68. The van der Waals surface area contributed by atoms with Crippen LogP contribution in [0.1, 0.15) is 19.4 Å². The predicted octanol–water partition coefficient (Wildman–Crippen LogP) is 3.20. The van der Waals surface area contributed by atoms with Gasteiger partial charge in [-0.05, 0) is 17.7 Å². The van der Waals surface area contributed by atoms with Crippen molar-refractivity contribution >= 4 is 11.6 Å². The first-order chi connectivity index (χ1) is 8.02. The number of halogens is 1. The fourth-order valence-corrected chi connectivity index (χ4v) is 1.93. The van der Waals surface area contributed by atoms with Gasteiger partial charge in [-0.1, -0.05) is 25.4 Å². The SMILES string of the molecule is CC1(C)COc2cc(CC#N)cc(Cl)c2OC1. The number of nitriles is 1. The highest BCUT2D eigenvalue weighted by atomic mass is 35.5. The van der Waals surface area contributed by atoms with E-state index in [1.165, 1.54) is 0 Å². The maximum Gasteiger partial charge on any atom is 0.179 e. The van der Waals surface area contributed by atoms with Gasteiger partial charge in [0.2, 0.25) is 0 Å². The largest absolute Gasteiger partial charge is 0.489 e. The minimum atomic E-state index is -0.0439. The zero-order valence-corrected chi connectivity index (χ0v) is 10.7. The summed E-state index contributed by atoms with van der Waals surface area (Å²) in [4.78, 5) is 0. The first-order valence-electron chi connectivity index (χ1n) is 5.47. The number of nitrogens with zero attached hydrogens (tertiary/aromatic N) is 1. The fourth-order valence-electron chi connectivity index (χ4n) is 1.64. The number of fused-ring (bicyclic) bond motifs is 1. The van der Waals surface area contributed by atoms with Crippen LogP contribution < -0.4 is 9.47 Å². The van der Waals surface area contributed by atoms with Gasteiger partial charge in [-0.2, -0.15) is 5.26 Å². The van der Waals surface area contributed by atoms with E-state index >= 15 is 0 Å². The summed E-state index contributed by atoms with van der Waals surface area (Å²) >= 11 is 6.13. The molecule has 0 fully saturated rings. The molecule has 1 aliphatic heterocycles. The maximum atomic E-state index is 8.69. The molecule has 1 aromatic carbocycles. The summed E-state index contributed by atoms with van der Waals surface area (Å²) in [6.07, 6.45) is 0.319. The van der Waals surface area contributed by atoms with Crippen LogP contribution in [-0.4, -0.2) is 13.2 Å². The van der Waals surface area contributed by atoms with Gasteiger partial charge in [-0.25, -0.2) is 0 Å². The van der Waals surface area contributed by atoms with E-state index in [-0.39, 0.29) is 5.41 Å². The van der Waals surface area contributed by atoms with Gasteiger partial charge >= 0.3 is 0 Å². The highest BCUT2D eigenvalue weighted by Gasteiger charge is 2.26. The summed E-state index contributed by atoms with van der Waals surface area (Å²) in [6.45, 7) is 5.29. The molecule has 0 N–H and O–H groups in total. The normalized spacial score (nSPS) is 17.1. The van der Waals surface area contributed by atoms with Gasteiger partial charge in [-0.15, -0.1) is 0 Å². The molecule has 1 heterocycles. The van der Waals surface area contributed by atoms with Gasteiger partial charge in [0.15, 0.2) is 11.5 Å². The van der Waals surface area contributed by atoms with Crippen LogP contribution in [0.4, 0.5) is 0 Å². The molecule has 4 heteroatoms. The predicted molar refractivity (Wildman–Crippen MR) is 65.5 cm³/mol. The Balaban J connectivity index is 2.37. The lowest BCUT2D eigenvalue weighted by Gasteiger charge is -2.19. The number of rotatable bonds is 1. The quantitative estimate of drug-likeness (QED) is 0.770.